The summed E-state index contributed by atoms with van der Waals surface area (Å²) in [4.78, 5) is 20.5. The molecule has 0 unspecified atom stereocenters. The van der Waals surface area contributed by atoms with Gasteiger partial charge >= 0.3 is 11.9 Å². The third kappa shape index (κ3) is 17.9. The van der Waals surface area contributed by atoms with Gasteiger partial charge in [0.15, 0.2) is 0 Å². The Morgan fingerprint density at radius 3 is 1.00 bits per heavy atom. The SMILES string of the molecule is O=C(O)CCCCCCCCCCCC(=O)O.[Cr]. The van der Waals surface area contributed by atoms with Crippen molar-refractivity contribution in [3.05, 3.63) is 0 Å². The molecule has 0 aromatic rings. The number of unbranched alkanes of at least 4 members (excludes halogenated alkanes) is 8. The summed E-state index contributed by atoms with van der Waals surface area (Å²) in [6, 6.07) is 0. The standard InChI is InChI=1S/C13H24O4.Cr/c14-12(15)10-8-6-4-2-1-3-5-7-9-11-13(16)17;/h1-11H2,(H,14,15)(H,16,17);. The van der Waals surface area contributed by atoms with Crippen LogP contribution in [0.25, 0.3) is 0 Å². The molecule has 0 bridgehead atoms. The summed E-state index contributed by atoms with van der Waals surface area (Å²) in [6.07, 6.45) is 9.89. The van der Waals surface area contributed by atoms with Gasteiger partial charge in [-0.3, -0.25) is 9.59 Å². The molecule has 0 atom stereocenters. The van der Waals surface area contributed by atoms with Crippen LogP contribution in [0.2, 0.25) is 0 Å². The fourth-order valence-electron chi connectivity index (χ4n) is 1.79. The smallest absolute Gasteiger partial charge is 0.303 e. The van der Waals surface area contributed by atoms with Crippen molar-refractivity contribution >= 4 is 11.9 Å². The van der Waals surface area contributed by atoms with Crippen molar-refractivity contribution in [1.29, 1.82) is 0 Å². The van der Waals surface area contributed by atoms with E-state index in [1.807, 2.05) is 0 Å². The topological polar surface area (TPSA) is 74.6 Å². The van der Waals surface area contributed by atoms with Crippen molar-refractivity contribution < 1.29 is 37.2 Å². The molecule has 0 rings (SSSR count). The quantitative estimate of drug-likeness (QED) is 0.541. The van der Waals surface area contributed by atoms with Crippen molar-refractivity contribution in [1.82, 2.24) is 0 Å². The van der Waals surface area contributed by atoms with Crippen molar-refractivity contribution in [3.63, 3.8) is 0 Å². The second kappa shape index (κ2) is 14.5. The summed E-state index contributed by atoms with van der Waals surface area (Å²) in [5, 5.41) is 16.9. The number of rotatable bonds is 12. The third-order valence-electron chi connectivity index (χ3n) is 2.78. The van der Waals surface area contributed by atoms with Crippen LogP contribution in [-0.4, -0.2) is 22.2 Å². The molecule has 0 aromatic heterocycles. The van der Waals surface area contributed by atoms with E-state index in [0.29, 0.717) is 0 Å². The molecule has 0 aromatic carbocycles. The van der Waals surface area contributed by atoms with E-state index >= 15 is 0 Å². The van der Waals surface area contributed by atoms with Gasteiger partial charge in [-0.1, -0.05) is 44.9 Å². The minimum absolute atomic E-state index is 0. The van der Waals surface area contributed by atoms with Gasteiger partial charge in [0.2, 0.25) is 0 Å². The monoisotopic (exact) mass is 296 g/mol. The zero-order chi connectivity index (χ0) is 12.9. The maximum atomic E-state index is 10.2. The first-order valence-electron chi connectivity index (χ1n) is 6.56. The Balaban J connectivity index is 0. The van der Waals surface area contributed by atoms with E-state index in [2.05, 4.69) is 0 Å². The Kier molecular flexibility index (Phi) is 16.0. The fraction of sp³-hybridized carbons (Fsp3) is 0.846. The minimum Gasteiger partial charge on any atom is -0.481 e. The fourth-order valence-corrected chi connectivity index (χ4v) is 1.79. The molecule has 0 radical (unpaired) electrons. The number of carboxylic acids is 2. The molecule has 0 amide bonds. The molecule has 0 aliphatic rings. The van der Waals surface area contributed by atoms with Crippen molar-refractivity contribution in [2.75, 3.05) is 0 Å². The van der Waals surface area contributed by atoms with Crippen LogP contribution in [0.3, 0.4) is 0 Å². The third-order valence-corrected chi connectivity index (χ3v) is 2.78. The van der Waals surface area contributed by atoms with Gasteiger partial charge in [-0.2, -0.15) is 0 Å². The van der Waals surface area contributed by atoms with Crippen LogP contribution in [0.1, 0.15) is 70.6 Å². The van der Waals surface area contributed by atoms with Crippen molar-refractivity contribution in [3.8, 4) is 0 Å². The summed E-state index contributed by atoms with van der Waals surface area (Å²) in [5.74, 6) is -1.41. The summed E-state index contributed by atoms with van der Waals surface area (Å²) in [7, 11) is 0. The maximum absolute atomic E-state index is 10.2. The molecule has 0 saturated heterocycles. The van der Waals surface area contributed by atoms with Crippen molar-refractivity contribution in [2.45, 2.75) is 70.6 Å². The van der Waals surface area contributed by atoms with Gasteiger partial charge in [0.05, 0.1) is 0 Å². The predicted molar refractivity (Wildman–Crippen MR) is 66.1 cm³/mol. The first kappa shape index (κ1) is 19.8. The molecule has 4 nitrogen and oxygen atoms in total. The number of carbonyl (C=O) groups is 2. The zero-order valence-electron chi connectivity index (χ0n) is 10.9. The van der Waals surface area contributed by atoms with Gasteiger partial charge in [-0.25, -0.2) is 0 Å². The van der Waals surface area contributed by atoms with Gasteiger partial charge in [-0.15, -0.1) is 0 Å². The normalized spacial score (nSPS) is 9.78. The van der Waals surface area contributed by atoms with Crippen LogP contribution in [0, 0.1) is 0 Å². The molecule has 0 saturated carbocycles. The van der Waals surface area contributed by atoms with E-state index in [-0.39, 0.29) is 30.2 Å². The van der Waals surface area contributed by atoms with Gasteiger partial charge in [0, 0.05) is 30.2 Å². The molecular formula is C13H24CrO4. The molecule has 0 aliphatic heterocycles. The molecule has 0 spiro atoms. The first-order chi connectivity index (χ1) is 8.13. The molecule has 2 N–H and O–H groups in total. The Morgan fingerprint density at radius 1 is 0.556 bits per heavy atom. The first-order valence-corrected chi connectivity index (χ1v) is 6.56. The van der Waals surface area contributed by atoms with E-state index in [1.165, 1.54) is 19.3 Å². The van der Waals surface area contributed by atoms with Crippen LogP contribution in [0.4, 0.5) is 0 Å². The van der Waals surface area contributed by atoms with Crippen LogP contribution >= 0.6 is 0 Å². The number of hydrogen-bond donors (Lipinski definition) is 2. The summed E-state index contributed by atoms with van der Waals surface area (Å²) in [5.41, 5.74) is 0. The van der Waals surface area contributed by atoms with E-state index in [0.717, 1.165) is 38.5 Å². The van der Waals surface area contributed by atoms with Crippen molar-refractivity contribution in [2.24, 2.45) is 0 Å². The van der Waals surface area contributed by atoms with E-state index in [9.17, 15) is 9.59 Å². The van der Waals surface area contributed by atoms with Crippen LogP contribution in [0.15, 0.2) is 0 Å². The average molecular weight is 296 g/mol. The Hall–Kier alpha value is -0.528. The second-order valence-corrected chi connectivity index (χ2v) is 4.47. The van der Waals surface area contributed by atoms with Gasteiger partial charge in [0.25, 0.3) is 0 Å². The molecule has 0 aliphatic carbocycles. The largest absolute Gasteiger partial charge is 0.481 e. The second-order valence-electron chi connectivity index (χ2n) is 4.47. The van der Waals surface area contributed by atoms with Crippen LogP contribution in [0.5, 0.6) is 0 Å². The molecule has 106 valence electrons. The minimum atomic E-state index is -0.705. The number of aliphatic carboxylic acids is 2. The van der Waals surface area contributed by atoms with E-state index in [1.54, 1.807) is 0 Å². The van der Waals surface area contributed by atoms with Crippen LogP contribution < -0.4 is 0 Å². The van der Waals surface area contributed by atoms with E-state index in [4.69, 9.17) is 10.2 Å². The van der Waals surface area contributed by atoms with E-state index < -0.39 is 11.9 Å². The maximum Gasteiger partial charge on any atom is 0.303 e. The summed E-state index contributed by atoms with van der Waals surface area (Å²) in [6.45, 7) is 0. The molecule has 5 heteroatoms. The summed E-state index contributed by atoms with van der Waals surface area (Å²) >= 11 is 0. The summed E-state index contributed by atoms with van der Waals surface area (Å²) < 4.78 is 0. The molecule has 18 heavy (non-hydrogen) atoms. The Morgan fingerprint density at radius 2 is 0.778 bits per heavy atom. The number of carboxylic acid groups (broad SMARTS) is 2. The molecule has 0 fully saturated rings. The zero-order valence-corrected chi connectivity index (χ0v) is 12.2. The predicted octanol–water partition coefficient (Wildman–Crippen LogP) is 3.44. The Labute approximate surface area is 120 Å². The van der Waals surface area contributed by atoms with Gasteiger partial charge in [-0.05, 0) is 12.8 Å². The van der Waals surface area contributed by atoms with Gasteiger partial charge in [0.1, 0.15) is 0 Å². The number of hydrogen-bond acceptors (Lipinski definition) is 2. The molecule has 0 heterocycles. The molecular weight excluding hydrogens is 272 g/mol. The average Bonchev–Trinajstić information content (AvgIpc) is 2.25. The van der Waals surface area contributed by atoms with Gasteiger partial charge < -0.3 is 10.2 Å². The Bertz CT molecular complexity index is 197. The van der Waals surface area contributed by atoms with Crippen LogP contribution in [-0.2, 0) is 27.0 Å².